The number of likely N-dealkylation sites (tertiary alicyclic amines) is 1. The van der Waals surface area contributed by atoms with Gasteiger partial charge in [-0.3, -0.25) is 0 Å². The molecule has 2 atom stereocenters. The minimum atomic E-state index is -0.926. The third-order valence-corrected chi connectivity index (χ3v) is 4.15. The van der Waals surface area contributed by atoms with Crippen LogP contribution in [0, 0.1) is 0 Å². The van der Waals surface area contributed by atoms with Crippen LogP contribution in [0.25, 0.3) is 0 Å². The fourth-order valence-electron chi connectivity index (χ4n) is 2.20. The fourth-order valence-corrected chi connectivity index (χ4v) is 3.34. The average molecular weight is 259 g/mol. The molecule has 17 heavy (non-hydrogen) atoms. The molecule has 0 aromatic rings. The van der Waals surface area contributed by atoms with Crippen molar-refractivity contribution in [3.8, 4) is 0 Å². The average Bonchev–Trinajstić information content (AvgIpc) is 2.77. The Hall–Kier alpha value is -0.950. The number of carbonyl (C=O) groups excluding carboxylic acids is 1. The fraction of sp³-hybridized carbons (Fsp3) is 0.800. The van der Waals surface area contributed by atoms with Gasteiger partial charge in [-0.05, 0) is 12.8 Å². The lowest BCUT2D eigenvalue weighted by Crippen LogP contribution is -2.53. The van der Waals surface area contributed by atoms with Crippen molar-refractivity contribution in [2.75, 3.05) is 24.7 Å². The van der Waals surface area contributed by atoms with Gasteiger partial charge in [0.1, 0.15) is 6.04 Å². The van der Waals surface area contributed by atoms with Gasteiger partial charge < -0.3 is 20.6 Å². The summed E-state index contributed by atoms with van der Waals surface area (Å²) < 4.78 is 0. The molecule has 2 saturated heterocycles. The molecule has 3 N–H and O–H groups in total. The third kappa shape index (κ3) is 2.66. The van der Waals surface area contributed by atoms with Crippen LogP contribution in [-0.4, -0.2) is 63.7 Å². The first-order chi connectivity index (χ1) is 8.09. The van der Waals surface area contributed by atoms with Crippen molar-refractivity contribution in [3.63, 3.8) is 0 Å². The smallest absolute Gasteiger partial charge is 0.327 e. The van der Waals surface area contributed by atoms with E-state index in [9.17, 15) is 9.59 Å². The number of rotatable bonds is 1. The molecule has 2 aliphatic rings. The molecule has 96 valence electrons. The Labute approximate surface area is 104 Å². The van der Waals surface area contributed by atoms with Crippen LogP contribution in [0.5, 0.6) is 0 Å². The molecule has 2 aliphatic heterocycles. The van der Waals surface area contributed by atoms with Gasteiger partial charge >= 0.3 is 12.0 Å². The normalized spacial score (nSPS) is 29.5. The Balaban J connectivity index is 2.01. The molecule has 0 aliphatic carbocycles. The first-order valence-corrected chi connectivity index (χ1v) is 6.86. The zero-order valence-corrected chi connectivity index (χ0v) is 10.4. The molecule has 1 unspecified atom stereocenters. The number of nitrogens with two attached hydrogens (primary N) is 1. The van der Waals surface area contributed by atoms with Crippen molar-refractivity contribution < 1.29 is 14.7 Å². The predicted molar refractivity (Wildman–Crippen MR) is 64.8 cm³/mol. The highest BCUT2D eigenvalue weighted by Gasteiger charge is 2.37. The van der Waals surface area contributed by atoms with E-state index in [-0.39, 0.29) is 12.1 Å². The summed E-state index contributed by atoms with van der Waals surface area (Å²) in [6.45, 7) is 1.21. The van der Waals surface area contributed by atoms with Crippen LogP contribution < -0.4 is 5.73 Å². The van der Waals surface area contributed by atoms with Crippen LogP contribution in [0.1, 0.15) is 12.8 Å². The SMILES string of the molecule is NC1CCCN(C(=O)N2CSC[C@H]2C(=O)O)C1. The Morgan fingerprint density at radius 1 is 1.41 bits per heavy atom. The van der Waals surface area contributed by atoms with Gasteiger partial charge in [-0.15, -0.1) is 11.8 Å². The van der Waals surface area contributed by atoms with E-state index in [1.807, 2.05) is 0 Å². The maximum absolute atomic E-state index is 12.2. The molecule has 2 heterocycles. The quantitative estimate of drug-likeness (QED) is 0.691. The van der Waals surface area contributed by atoms with E-state index in [1.165, 1.54) is 16.7 Å². The molecule has 0 aromatic heterocycles. The number of aliphatic carboxylic acids is 1. The second kappa shape index (κ2) is 5.14. The topological polar surface area (TPSA) is 86.9 Å². The Morgan fingerprint density at radius 3 is 2.82 bits per heavy atom. The molecule has 6 nitrogen and oxygen atoms in total. The predicted octanol–water partition coefficient (Wildman–Crippen LogP) is -0.0110. The van der Waals surface area contributed by atoms with Gasteiger partial charge in [0.2, 0.25) is 0 Å². The summed E-state index contributed by atoms with van der Waals surface area (Å²) in [5.74, 6) is 0.00680. The maximum atomic E-state index is 12.2. The zero-order chi connectivity index (χ0) is 12.4. The van der Waals surface area contributed by atoms with Gasteiger partial charge in [-0.2, -0.15) is 0 Å². The van der Waals surface area contributed by atoms with Gasteiger partial charge in [0.25, 0.3) is 0 Å². The molecule has 0 bridgehead atoms. The van der Waals surface area contributed by atoms with Crippen LogP contribution in [0.2, 0.25) is 0 Å². The van der Waals surface area contributed by atoms with Gasteiger partial charge in [0, 0.05) is 24.9 Å². The van der Waals surface area contributed by atoms with E-state index in [1.54, 1.807) is 4.90 Å². The van der Waals surface area contributed by atoms with Crippen molar-refractivity contribution in [3.05, 3.63) is 0 Å². The van der Waals surface area contributed by atoms with Crippen LogP contribution in [0.4, 0.5) is 4.79 Å². The lowest BCUT2D eigenvalue weighted by atomic mass is 10.1. The van der Waals surface area contributed by atoms with Crippen LogP contribution in [0.15, 0.2) is 0 Å². The number of hydrogen-bond donors (Lipinski definition) is 2. The molecular weight excluding hydrogens is 242 g/mol. The minimum absolute atomic E-state index is 0.0197. The lowest BCUT2D eigenvalue weighted by molar-refractivity contribution is -0.140. The number of nitrogens with zero attached hydrogens (tertiary/aromatic N) is 2. The van der Waals surface area contributed by atoms with E-state index < -0.39 is 12.0 Å². The van der Waals surface area contributed by atoms with Crippen LogP contribution in [0.3, 0.4) is 0 Å². The highest BCUT2D eigenvalue weighted by molar-refractivity contribution is 7.99. The van der Waals surface area contributed by atoms with E-state index in [0.717, 1.165) is 12.8 Å². The first-order valence-electron chi connectivity index (χ1n) is 5.71. The van der Waals surface area contributed by atoms with E-state index >= 15 is 0 Å². The number of piperidine rings is 1. The molecule has 0 aromatic carbocycles. The maximum Gasteiger partial charge on any atom is 0.327 e. The Kier molecular flexibility index (Phi) is 3.78. The van der Waals surface area contributed by atoms with E-state index in [2.05, 4.69) is 0 Å². The van der Waals surface area contributed by atoms with Gasteiger partial charge in [0.15, 0.2) is 0 Å². The van der Waals surface area contributed by atoms with Crippen molar-refractivity contribution in [1.82, 2.24) is 9.80 Å². The van der Waals surface area contributed by atoms with Crippen LogP contribution in [-0.2, 0) is 4.79 Å². The summed E-state index contributed by atoms with van der Waals surface area (Å²) in [7, 11) is 0. The largest absolute Gasteiger partial charge is 0.480 e. The highest BCUT2D eigenvalue weighted by atomic mass is 32.2. The lowest BCUT2D eigenvalue weighted by Gasteiger charge is -2.34. The highest BCUT2D eigenvalue weighted by Crippen LogP contribution is 2.23. The molecule has 0 radical (unpaired) electrons. The van der Waals surface area contributed by atoms with Gasteiger partial charge in [-0.25, -0.2) is 9.59 Å². The third-order valence-electron chi connectivity index (χ3n) is 3.14. The van der Waals surface area contributed by atoms with Crippen molar-refractivity contribution in [2.45, 2.75) is 24.9 Å². The second-order valence-corrected chi connectivity index (χ2v) is 5.45. The number of carboxylic acid groups (broad SMARTS) is 1. The standard InChI is InChI=1S/C10H17N3O3S/c11-7-2-1-3-12(4-7)10(16)13-6-17-5-8(13)9(14)15/h7-8H,1-6,11H2,(H,14,15)/t7?,8-/m0/s1. The molecule has 2 rings (SSSR count). The Bertz CT molecular complexity index is 326. The molecular formula is C10H17N3O3S. The summed E-state index contributed by atoms with van der Waals surface area (Å²) in [6, 6.07) is -0.852. The molecule has 2 amide bonds. The summed E-state index contributed by atoms with van der Waals surface area (Å²) in [5, 5.41) is 9.03. The number of thioether (sulfide) groups is 1. The van der Waals surface area contributed by atoms with Crippen molar-refractivity contribution >= 4 is 23.8 Å². The molecule has 2 fully saturated rings. The summed E-state index contributed by atoms with van der Waals surface area (Å²) in [5.41, 5.74) is 5.82. The molecule has 0 saturated carbocycles. The molecule has 0 spiro atoms. The zero-order valence-electron chi connectivity index (χ0n) is 9.54. The van der Waals surface area contributed by atoms with E-state index in [0.29, 0.717) is 24.7 Å². The van der Waals surface area contributed by atoms with Crippen LogP contribution >= 0.6 is 11.8 Å². The Morgan fingerprint density at radius 2 is 2.18 bits per heavy atom. The minimum Gasteiger partial charge on any atom is -0.480 e. The number of amides is 2. The van der Waals surface area contributed by atoms with Gasteiger partial charge in [0.05, 0.1) is 5.88 Å². The number of hydrogen-bond acceptors (Lipinski definition) is 4. The summed E-state index contributed by atoms with van der Waals surface area (Å²) in [6.07, 6.45) is 1.83. The van der Waals surface area contributed by atoms with Crippen molar-refractivity contribution in [2.24, 2.45) is 5.73 Å². The first kappa shape index (κ1) is 12.5. The summed E-state index contributed by atoms with van der Waals surface area (Å²) >= 11 is 1.48. The number of carbonyl (C=O) groups is 2. The van der Waals surface area contributed by atoms with E-state index in [4.69, 9.17) is 10.8 Å². The number of carboxylic acids is 1. The monoisotopic (exact) mass is 259 g/mol. The second-order valence-electron chi connectivity index (χ2n) is 4.45. The number of urea groups is 1. The van der Waals surface area contributed by atoms with Gasteiger partial charge in [-0.1, -0.05) is 0 Å². The molecule has 7 heteroatoms. The van der Waals surface area contributed by atoms with Crippen molar-refractivity contribution in [1.29, 1.82) is 0 Å². The summed E-state index contributed by atoms with van der Waals surface area (Å²) in [4.78, 5) is 26.3.